The monoisotopic (exact) mass is 346 g/mol. The number of ketones is 1. The van der Waals surface area contributed by atoms with Crippen LogP contribution in [0.25, 0.3) is 0 Å². The van der Waals surface area contributed by atoms with Crippen LogP contribution >= 0.6 is 0 Å². The average molecular weight is 346 g/mol. The molecule has 2 rings (SSSR count). The molecule has 1 N–H and O–H groups in total. The van der Waals surface area contributed by atoms with Gasteiger partial charge in [-0.25, -0.2) is 0 Å². The maximum absolute atomic E-state index is 12.2. The Morgan fingerprint density at radius 3 is 2.36 bits per heavy atom. The highest BCUT2D eigenvalue weighted by molar-refractivity contribution is 5.97. The fraction of sp³-hybridized carbons (Fsp3) is 0.600. The number of morpholine rings is 1. The largest absolute Gasteiger partial charge is 0.379 e. The highest BCUT2D eigenvalue weighted by Crippen LogP contribution is 2.15. The molecule has 138 valence electrons. The van der Waals surface area contributed by atoms with Crippen LogP contribution in [0.5, 0.6) is 0 Å². The Bertz CT molecular complexity index is 575. The summed E-state index contributed by atoms with van der Waals surface area (Å²) in [5.41, 5.74) is 1.78. The number of benzene rings is 1. The number of carbonyl (C=O) groups excluding carboxylic acids is 2. The first kappa shape index (κ1) is 19.6. The summed E-state index contributed by atoms with van der Waals surface area (Å²) in [4.78, 5) is 26.6. The lowest BCUT2D eigenvalue weighted by Crippen LogP contribution is -2.55. The number of nitrogens with zero attached hydrogens (tertiary/aromatic N) is 1. The Hall–Kier alpha value is -1.72. The van der Waals surface area contributed by atoms with Crippen LogP contribution < -0.4 is 5.32 Å². The molecule has 1 heterocycles. The minimum Gasteiger partial charge on any atom is -0.379 e. The van der Waals surface area contributed by atoms with Crippen LogP contribution in [-0.2, 0) is 16.0 Å². The Balaban J connectivity index is 1.74. The van der Waals surface area contributed by atoms with Crippen molar-refractivity contribution in [3.05, 3.63) is 35.4 Å². The van der Waals surface area contributed by atoms with Crippen molar-refractivity contribution in [2.45, 2.75) is 45.6 Å². The number of carbonyl (C=O) groups is 2. The molecule has 5 nitrogen and oxygen atoms in total. The summed E-state index contributed by atoms with van der Waals surface area (Å²) >= 11 is 0. The fourth-order valence-electron chi connectivity index (χ4n) is 2.98. The van der Waals surface area contributed by atoms with Crippen LogP contribution in [0.2, 0.25) is 0 Å². The lowest BCUT2D eigenvalue weighted by atomic mass is 10.0. The van der Waals surface area contributed by atoms with Crippen molar-refractivity contribution < 1.29 is 14.3 Å². The second-order valence-corrected chi connectivity index (χ2v) is 7.16. The van der Waals surface area contributed by atoms with Gasteiger partial charge in [0.2, 0.25) is 5.91 Å². The first-order chi connectivity index (χ1) is 11.9. The van der Waals surface area contributed by atoms with E-state index in [1.165, 1.54) is 5.56 Å². The number of rotatable bonds is 8. The smallest absolute Gasteiger partial charge is 0.220 e. The van der Waals surface area contributed by atoms with Gasteiger partial charge in [0.15, 0.2) is 5.78 Å². The fourth-order valence-corrected chi connectivity index (χ4v) is 2.98. The number of nitrogens with one attached hydrogen (secondary N) is 1. The topological polar surface area (TPSA) is 58.6 Å². The van der Waals surface area contributed by atoms with E-state index in [2.05, 4.69) is 31.0 Å². The lowest BCUT2D eigenvalue weighted by Gasteiger charge is -2.40. The van der Waals surface area contributed by atoms with Crippen molar-refractivity contribution in [1.29, 1.82) is 0 Å². The predicted molar refractivity (Wildman–Crippen MR) is 98.9 cm³/mol. The number of amides is 1. The molecule has 0 spiro atoms. The van der Waals surface area contributed by atoms with Crippen molar-refractivity contribution >= 4 is 11.7 Å². The second kappa shape index (κ2) is 9.11. The molecule has 1 aliphatic rings. The molecular formula is C20H30N2O3. The molecule has 0 atom stereocenters. The molecule has 0 saturated carbocycles. The molecule has 0 aliphatic carbocycles. The van der Waals surface area contributed by atoms with Crippen molar-refractivity contribution in [2.75, 3.05) is 32.8 Å². The van der Waals surface area contributed by atoms with E-state index >= 15 is 0 Å². The zero-order chi connectivity index (χ0) is 18.3. The molecule has 0 unspecified atom stereocenters. The van der Waals surface area contributed by atoms with Crippen LogP contribution in [0.3, 0.4) is 0 Å². The number of Topliss-reactive ketones (excluding diaryl/α,β-unsaturated/α-hetero) is 1. The minimum absolute atomic E-state index is 0.0187. The van der Waals surface area contributed by atoms with Gasteiger partial charge in [-0.05, 0) is 25.8 Å². The average Bonchev–Trinajstić information content (AvgIpc) is 2.65. The van der Waals surface area contributed by atoms with E-state index in [9.17, 15) is 9.59 Å². The molecular weight excluding hydrogens is 316 g/mol. The number of ether oxygens (including phenoxy) is 1. The summed E-state index contributed by atoms with van der Waals surface area (Å²) < 4.78 is 5.38. The van der Waals surface area contributed by atoms with Gasteiger partial charge in [0.1, 0.15) is 0 Å². The normalized spacial score (nSPS) is 15.8. The molecule has 1 amide bonds. The minimum atomic E-state index is -0.112. The van der Waals surface area contributed by atoms with E-state index in [1.807, 2.05) is 24.3 Å². The maximum atomic E-state index is 12.2. The van der Waals surface area contributed by atoms with Gasteiger partial charge in [-0.3, -0.25) is 14.5 Å². The standard InChI is InChI=1S/C20H30N2O3/c1-4-16-5-7-17(8-6-16)18(23)9-10-19(24)21-15-20(2,3)22-11-13-25-14-12-22/h5-8H,4,9-15H2,1-3H3,(H,21,24). The van der Waals surface area contributed by atoms with Crippen LogP contribution in [-0.4, -0.2) is 55.0 Å². The molecule has 1 aromatic carbocycles. The molecule has 1 fully saturated rings. The molecule has 1 aliphatic heterocycles. The molecule has 0 radical (unpaired) electrons. The maximum Gasteiger partial charge on any atom is 0.220 e. The first-order valence-corrected chi connectivity index (χ1v) is 9.14. The number of hydrogen-bond donors (Lipinski definition) is 1. The van der Waals surface area contributed by atoms with Crippen molar-refractivity contribution in [1.82, 2.24) is 10.2 Å². The molecule has 1 saturated heterocycles. The first-order valence-electron chi connectivity index (χ1n) is 9.14. The van der Waals surface area contributed by atoms with E-state index in [0.717, 1.165) is 32.7 Å². The third-order valence-electron chi connectivity index (χ3n) is 4.85. The van der Waals surface area contributed by atoms with E-state index in [1.54, 1.807) is 0 Å². The van der Waals surface area contributed by atoms with Crippen LogP contribution in [0.4, 0.5) is 0 Å². The predicted octanol–water partition coefficient (Wildman–Crippen LogP) is 2.44. The van der Waals surface area contributed by atoms with Gasteiger partial charge in [0.25, 0.3) is 0 Å². The Morgan fingerprint density at radius 2 is 1.76 bits per heavy atom. The third-order valence-corrected chi connectivity index (χ3v) is 4.85. The molecule has 0 bridgehead atoms. The number of hydrogen-bond acceptors (Lipinski definition) is 4. The molecule has 1 aromatic rings. The summed E-state index contributed by atoms with van der Waals surface area (Å²) in [5.74, 6) is -0.0508. The van der Waals surface area contributed by atoms with E-state index in [0.29, 0.717) is 12.1 Å². The summed E-state index contributed by atoms with van der Waals surface area (Å²) in [6.45, 7) is 10.2. The van der Waals surface area contributed by atoms with Crippen molar-refractivity contribution in [3.8, 4) is 0 Å². The summed E-state index contributed by atoms with van der Waals surface area (Å²) in [6.07, 6.45) is 1.43. The second-order valence-electron chi connectivity index (χ2n) is 7.16. The quantitative estimate of drug-likeness (QED) is 0.735. The summed E-state index contributed by atoms with van der Waals surface area (Å²) in [7, 11) is 0. The van der Waals surface area contributed by atoms with Gasteiger partial charge in [-0.15, -0.1) is 0 Å². The Morgan fingerprint density at radius 1 is 1.12 bits per heavy atom. The van der Waals surface area contributed by atoms with Crippen LogP contribution in [0.1, 0.15) is 49.5 Å². The molecule has 5 heteroatoms. The highest BCUT2D eigenvalue weighted by atomic mass is 16.5. The van der Waals surface area contributed by atoms with Gasteiger partial charge >= 0.3 is 0 Å². The summed E-state index contributed by atoms with van der Waals surface area (Å²) in [6, 6.07) is 7.64. The van der Waals surface area contributed by atoms with Crippen molar-refractivity contribution in [2.24, 2.45) is 0 Å². The highest BCUT2D eigenvalue weighted by Gasteiger charge is 2.28. The van der Waals surface area contributed by atoms with Gasteiger partial charge < -0.3 is 10.1 Å². The third kappa shape index (κ3) is 5.94. The van der Waals surface area contributed by atoms with Crippen LogP contribution in [0.15, 0.2) is 24.3 Å². The van der Waals surface area contributed by atoms with Gasteiger partial charge in [0.05, 0.1) is 13.2 Å². The summed E-state index contributed by atoms with van der Waals surface area (Å²) in [5, 5.41) is 2.97. The lowest BCUT2D eigenvalue weighted by molar-refractivity contribution is -0.121. The van der Waals surface area contributed by atoms with E-state index < -0.39 is 0 Å². The van der Waals surface area contributed by atoms with Gasteiger partial charge in [0, 0.05) is 43.6 Å². The van der Waals surface area contributed by atoms with E-state index in [4.69, 9.17) is 4.74 Å². The van der Waals surface area contributed by atoms with Gasteiger partial charge in [-0.1, -0.05) is 31.2 Å². The SMILES string of the molecule is CCc1ccc(C(=O)CCC(=O)NCC(C)(C)N2CCOCC2)cc1. The zero-order valence-electron chi connectivity index (χ0n) is 15.6. The number of aryl methyl sites for hydroxylation is 1. The Labute approximate surface area is 150 Å². The van der Waals surface area contributed by atoms with Gasteiger partial charge in [-0.2, -0.15) is 0 Å². The van der Waals surface area contributed by atoms with E-state index in [-0.39, 0.29) is 30.1 Å². The van der Waals surface area contributed by atoms with Crippen molar-refractivity contribution in [3.63, 3.8) is 0 Å². The van der Waals surface area contributed by atoms with Crippen LogP contribution in [0, 0.1) is 0 Å². The Kier molecular flexibility index (Phi) is 7.14. The molecule has 0 aromatic heterocycles. The molecule has 25 heavy (non-hydrogen) atoms. The zero-order valence-corrected chi connectivity index (χ0v) is 15.6.